The minimum Gasteiger partial charge on any atom is -0.444 e. The molecule has 0 bridgehead atoms. The second-order valence-corrected chi connectivity index (χ2v) is 5.00. The summed E-state index contributed by atoms with van der Waals surface area (Å²) in [5.74, 6) is 1.79. The zero-order chi connectivity index (χ0) is 12.3. The molecule has 1 fully saturated rings. The Morgan fingerprint density at radius 1 is 1.35 bits per heavy atom. The number of nitrogens with zero attached hydrogens (tertiary/aromatic N) is 2. The first kappa shape index (κ1) is 12.6. The molecule has 1 aliphatic heterocycles. The fourth-order valence-corrected chi connectivity index (χ4v) is 2.39. The van der Waals surface area contributed by atoms with Crippen LogP contribution in [0.25, 0.3) is 0 Å². The molecule has 0 aliphatic carbocycles. The van der Waals surface area contributed by atoms with Gasteiger partial charge in [-0.1, -0.05) is 0 Å². The van der Waals surface area contributed by atoms with Crippen molar-refractivity contribution < 1.29 is 4.42 Å². The minimum absolute atomic E-state index is 0.650. The van der Waals surface area contributed by atoms with Crippen LogP contribution in [0, 0.1) is 13.8 Å². The summed E-state index contributed by atoms with van der Waals surface area (Å²) in [6.07, 6.45) is 3.75. The van der Waals surface area contributed by atoms with E-state index in [4.69, 9.17) is 4.42 Å². The lowest BCUT2D eigenvalue weighted by molar-refractivity contribution is 0.196. The van der Waals surface area contributed by atoms with E-state index in [0.29, 0.717) is 6.04 Å². The van der Waals surface area contributed by atoms with E-state index in [1.165, 1.54) is 19.3 Å². The maximum atomic E-state index is 5.64. The van der Waals surface area contributed by atoms with Crippen molar-refractivity contribution in [2.24, 2.45) is 0 Å². The molecule has 0 saturated carbocycles. The first-order valence-electron chi connectivity index (χ1n) is 6.50. The van der Waals surface area contributed by atoms with Gasteiger partial charge in [-0.3, -0.25) is 4.90 Å². The zero-order valence-electron chi connectivity index (χ0n) is 11.1. The lowest BCUT2D eigenvalue weighted by Gasteiger charge is -2.25. The highest BCUT2D eigenvalue weighted by Gasteiger charge is 2.18. The summed E-state index contributed by atoms with van der Waals surface area (Å²) in [5.41, 5.74) is 1.01. The van der Waals surface area contributed by atoms with Crippen molar-refractivity contribution in [1.29, 1.82) is 0 Å². The molecule has 1 aromatic rings. The largest absolute Gasteiger partial charge is 0.444 e. The standard InChI is InChI=1S/C13H23N3O/c1-10-11(2)17-13(15-10)9-16(3)12-5-4-7-14-8-6-12/h12,14H,4-9H2,1-3H3. The summed E-state index contributed by atoms with van der Waals surface area (Å²) in [5, 5.41) is 3.44. The van der Waals surface area contributed by atoms with Crippen LogP contribution in [0.4, 0.5) is 0 Å². The maximum Gasteiger partial charge on any atom is 0.208 e. The molecule has 1 saturated heterocycles. The molecular weight excluding hydrogens is 214 g/mol. The molecule has 0 amide bonds. The van der Waals surface area contributed by atoms with E-state index in [-0.39, 0.29) is 0 Å². The third-order valence-corrected chi connectivity index (χ3v) is 3.63. The Morgan fingerprint density at radius 3 is 2.88 bits per heavy atom. The summed E-state index contributed by atoms with van der Waals surface area (Å²) in [6, 6.07) is 0.650. The highest BCUT2D eigenvalue weighted by Crippen LogP contribution is 2.16. The van der Waals surface area contributed by atoms with Gasteiger partial charge in [0.15, 0.2) is 0 Å². The molecule has 2 heterocycles. The SMILES string of the molecule is Cc1nc(CN(C)C2CCCNCC2)oc1C. The molecule has 4 nitrogen and oxygen atoms in total. The molecule has 2 rings (SSSR count). The summed E-state index contributed by atoms with van der Waals surface area (Å²) in [7, 11) is 2.17. The van der Waals surface area contributed by atoms with Gasteiger partial charge in [-0.2, -0.15) is 0 Å². The Morgan fingerprint density at radius 2 is 2.18 bits per heavy atom. The van der Waals surface area contributed by atoms with Crippen molar-refractivity contribution in [3.05, 3.63) is 17.3 Å². The van der Waals surface area contributed by atoms with E-state index in [9.17, 15) is 0 Å². The van der Waals surface area contributed by atoms with Crippen LogP contribution in [0.15, 0.2) is 4.42 Å². The second-order valence-electron chi connectivity index (χ2n) is 5.00. The number of aromatic nitrogens is 1. The van der Waals surface area contributed by atoms with Crippen LogP contribution in [-0.2, 0) is 6.54 Å². The number of oxazole rings is 1. The molecule has 1 aliphatic rings. The fraction of sp³-hybridized carbons (Fsp3) is 0.769. The van der Waals surface area contributed by atoms with Gasteiger partial charge in [0.2, 0.25) is 5.89 Å². The Kier molecular flexibility index (Phi) is 4.18. The molecule has 1 unspecified atom stereocenters. The van der Waals surface area contributed by atoms with Crippen molar-refractivity contribution >= 4 is 0 Å². The number of aryl methyl sites for hydroxylation is 2. The minimum atomic E-state index is 0.650. The average Bonchev–Trinajstić information content (AvgIpc) is 2.54. The predicted octanol–water partition coefficient (Wildman–Crippen LogP) is 1.87. The quantitative estimate of drug-likeness (QED) is 0.871. The Hall–Kier alpha value is -0.870. The van der Waals surface area contributed by atoms with Gasteiger partial charge in [-0.05, 0) is 53.2 Å². The van der Waals surface area contributed by atoms with Crippen LogP contribution in [0.2, 0.25) is 0 Å². The van der Waals surface area contributed by atoms with E-state index >= 15 is 0 Å². The van der Waals surface area contributed by atoms with Crippen LogP contribution >= 0.6 is 0 Å². The first-order chi connectivity index (χ1) is 8.16. The molecule has 0 spiro atoms. The first-order valence-corrected chi connectivity index (χ1v) is 6.50. The van der Waals surface area contributed by atoms with Gasteiger partial charge in [0, 0.05) is 6.04 Å². The molecule has 0 aromatic carbocycles. The highest BCUT2D eigenvalue weighted by molar-refractivity contribution is 5.05. The highest BCUT2D eigenvalue weighted by atomic mass is 16.4. The van der Waals surface area contributed by atoms with Crippen molar-refractivity contribution in [3.8, 4) is 0 Å². The summed E-state index contributed by atoms with van der Waals surface area (Å²) < 4.78 is 5.64. The average molecular weight is 237 g/mol. The smallest absolute Gasteiger partial charge is 0.208 e. The fourth-order valence-electron chi connectivity index (χ4n) is 2.39. The number of rotatable bonds is 3. The predicted molar refractivity (Wildman–Crippen MR) is 68.0 cm³/mol. The van der Waals surface area contributed by atoms with Crippen molar-refractivity contribution in [2.45, 2.75) is 45.7 Å². The lowest BCUT2D eigenvalue weighted by atomic mass is 10.1. The summed E-state index contributed by atoms with van der Waals surface area (Å²) >= 11 is 0. The summed E-state index contributed by atoms with van der Waals surface area (Å²) in [4.78, 5) is 6.82. The topological polar surface area (TPSA) is 41.3 Å². The van der Waals surface area contributed by atoms with Crippen molar-refractivity contribution in [1.82, 2.24) is 15.2 Å². The Balaban J connectivity index is 1.93. The Bertz CT molecular complexity index is 334. The molecule has 0 radical (unpaired) electrons. The third kappa shape index (κ3) is 3.30. The summed E-state index contributed by atoms with van der Waals surface area (Å²) in [6.45, 7) is 7.07. The van der Waals surface area contributed by atoms with Gasteiger partial charge in [0.25, 0.3) is 0 Å². The van der Waals surface area contributed by atoms with Crippen LogP contribution in [0.3, 0.4) is 0 Å². The van der Waals surface area contributed by atoms with Gasteiger partial charge in [-0.15, -0.1) is 0 Å². The van der Waals surface area contributed by atoms with Crippen LogP contribution < -0.4 is 5.32 Å². The second kappa shape index (κ2) is 5.65. The molecule has 17 heavy (non-hydrogen) atoms. The van der Waals surface area contributed by atoms with Gasteiger partial charge >= 0.3 is 0 Å². The monoisotopic (exact) mass is 237 g/mol. The van der Waals surface area contributed by atoms with E-state index in [0.717, 1.165) is 37.0 Å². The third-order valence-electron chi connectivity index (χ3n) is 3.63. The normalized spacial score (nSPS) is 21.8. The van der Waals surface area contributed by atoms with Gasteiger partial charge < -0.3 is 9.73 Å². The maximum absolute atomic E-state index is 5.64. The molecule has 1 atom stereocenters. The molecule has 4 heteroatoms. The van der Waals surface area contributed by atoms with Crippen molar-refractivity contribution in [2.75, 3.05) is 20.1 Å². The zero-order valence-corrected chi connectivity index (χ0v) is 11.1. The van der Waals surface area contributed by atoms with Crippen LogP contribution in [-0.4, -0.2) is 36.1 Å². The van der Waals surface area contributed by atoms with E-state index in [1.54, 1.807) is 0 Å². The van der Waals surface area contributed by atoms with Crippen LogP contribution in [0.5, 0.6) is 0 Å². The van der Waals surface area contributed by atoms with Crippen molar-refractivity contribution in [3.63, 3.8) is 0 Å². The van der Waals surface area contributed by atoms with Gasteiger partial charge in [-0.25, -0.2) is 4.98 Å². The molecule has 1 N–H and O–H groups in total. The lowest BCUT2D eigenvalue weighted by Crippen LogP contribution is -2.32. The molecule has 1 aromatic heterocycles. The van der Waals surface area contributed by atoms with E-state index in [1.807, 2.05) is 13.8 Å². The van der Waals surface area contributed by atoms with E-state index < -0.39 is 0 Å². The Labute approximate surface area is 103 Å². The van der Waals surface area contributed by atoms with Gasteiger partial charge in [0.05, 0.1) is 12.2 Å². The number of hydrogen-bond acceptors (Lipinski definition) is 4. The molecule has 96 valence electrons. The molecular formula is C13H23N3O. The number of hydrogen-bond donors (Lipinski definition) is 1. The number of nitrogens with one attached hydrogen (secondary N) is 1. The van der Waals surface area contributed by atoms with Gasteiger partial charge in [0.1, 0.15) is 5.76 Å². The van der Waals surface area contributed by atoms with E-state index in [2.05, 4.69) is 22.2 Å². The van der Waals surface area contributed by atoms with Crippen LogP contribution in [0.1, 0.15) is 36.6 Å².